The van der Waals surface area contributed by atoms with Crippen LogP contribution in [0, 0.1) is 17.7 Å². The molecular weight excluding hydrogens is 219 g/mol. The number of rotatable bonds is 4. The monoisotopic (exact) mass is 238 g/mol. The second-order valence-electron chi connectivity index (χ2n) is 4.67. The molecule has 0 aliphatic heterocycles. The van der Waals surface area contributed by atoms with Crippen LogP contribution in [0.1, 0.15) is 31.1 Å². The van der Waals surface area contributed by atoms with E-state index in [0.29, 0.717) is 24.1 Å². The average Bonchev–Trinajstić information content (AvgIpc) is 2.25. The van der Waals surface area contributed by atoms with Crippen molar-refractivity contribution in [3.63, 3.8) is 0 Å². The number of hydrogen-bond donors (Lipinski definition) is 2. The number of nitrogens with two attached hydrogens (primary N) is 1. The van der Waals surface area contributed by atoms with E-state index in [1.54, 1.807) is 0 Å². The number of nitrogens with one attached hydrogen (secondary N) is 1. The van der Waals surface area contributed by atoms with Gasteiger partial charge in [-0.25, -0.2) is 4.39 Å². The lowest BCUT2D eigenvalue weighted by Crippen LogP contribution is -2.30. The Labute approximate surface area is 101 Å². The third-order valence-electron chi connectivity index (χ3n) is 2.96. The maximum Gasteiger partial charge on any atom is 0.254 e. The number of hydrogen-bond acceptors (Lipinski definition) is 2. The topological polar surface area (TPSA) is 55.1 Å². The highest BCUT2D eigenvalue weighted by atomic mass is 19.1. The Kier molecular flexibility index (Phi) is 4.49. The lowest BCUT2D eigenvalue weighted by atomic mass is 9.98. The summed E-state index contributed by atoms with van der Waals surface area (Å²) < 4.78 is 13.4. The lowest BCUT2D eigenvalue weighted by molar-refractivity contribution is 0.0941. The summed E-state index contributed by atoms with van der Waals surface area (Å²) in [5.41, 5.74) is 5.77. The van der Waals surface area contributed by atoms with E-state index >= 15 is 0 Å². The zero-order valence-corrected chi connectivity index (χ0v) is 10.5. The summed E-state index contributed by atoms with van der Waals surface area (Å²) in [6.07, 6.45) is 0. The van der Waals surface area contributed by atoms with Gasteiger partial charge in [-0.15, -0.1) is 0 Å². The molecule has 0 bridgehead atoms. The van der Waals surface area contributed by atoms with Crippen molar-refractivity contribution in [3.8, 4) is 0 Å². The third-order valence-corrected chi connectivity index (χ3v) is 2.96. The summed E-state index contributed by atoms with van der Waals surface area (Å²) >= 11 is 0. The number of nitrogen functional groups attached to an aromatic ring is 1. The number of amides is 1. The van der Waals surface area contributed by atoms with Gasteiger partial charge >= 0.3 is 0 Å². The van der Waals surface area contributed by atoms with Gasteiger partial charge in [0.05, 0.1) is 5.56 Å². The van der Waals surface area contributed by atoms with Gasteiger partial charge in [-0.1, -0.05) is 20.8 Å². The number of benzene rings is 1. The molecule has 4 heteroatoms. The minimum atomic E-state index is -0.584. The minimum absolute atomic E-state index is 0.0372. The molecule has 0 aliphatic rings. The molecule has 17 heavy (non-hydrogen) atoms. The van der Waals surface area contributed by atoms with Crippen molar-refractivity contribution in [1.29, 1.82) is 0 Å². The van der Waals surface area contributed by atoms with E-state index in [2.05, 4.69) is 19.2 Å². The van der Waals surface area contributed by atoms with E-state index in [1.807, 2.05) is 6.92 Å². The van der Waals surface area contributed by atoms with Gasteiger partial charge in [0.15, 0.2) is 0 Å². The molecule has 1 aromatic rings. The predicted octanol–water partition coefficient (Wildman–Crippen LogP) is 2.43. The van der Waals surface area contributed by atoms with Crippen LogP contribution in [-0.4, -0.2) is 12.5 Å². The van der Waals surface area contributed by atoms with E-state index in [1.165, 1.54) is 12.1 Å². The second kappa shape index (κ2) is 5.66. The first-order chi connectivity index (χ1) is 7.91. The fourth-order valence-electron chi connectivity index (χ4n) is 1.30. The van der Waals surface area contributed by atoms with Gasteiger partial charge in [-0.3, -0.25) is 4.79 Å². The maximum absolute atomic E-state index is 13.4. The zero-order chi connectivity index (χ0) is 13.0. The van der Waals surface area contributed by atoms with Crippen LogP contribution in [-0.2, 0) is 0 Å². The standard InChI is InChI=1S/C13H19FN2O/c1-8(2)9(3)7-16-13(17)11-5-4-10(15)6-12(11)14/h4-6,8-9H,7,15H2,1-3H3,(H,16,17). The van der Waals surface area contributed by atoms with Gasteiger partial charge in [0.25, 0.3) is 5.91 Å². The van der Waals surface area contributed by atoms with Gasteiger partial charge < -0.3 is 11.1 Å². The van der Waals surface area contributed by atoms with Crippen molar-refractivity contribution in [3.05, 3.63) is 29.6 Å². The number of halogens is 1. The summed E-state index contributed by atoms with van der Waals surface area (Å²) in [6.45, 7) is 6.76. The van der Waals surface area contributed by atoms with E-state index in [0.717, 1.165) is 6.07 Å². The molecule has 1 amide bonds. The molecule has 0 aliphatic carbocycles. The van der Waals surface area contributed by atoms with Gasteiger partial charge in [0.1, 0.15) is 5.82 Å². The molecule has 0 aromatic heterocycles. The Hall–Kier alpha value is -1.58. The van der Waals surface area contributed by atoms with Crippen LogP contribution < -0.4 is 11.1 Å². The van der Waals surface area contributed by atoms with Crippen LogP contribution in [0.4, 0.5) is 10.1 Å². The predicted molar refractivity (Wildman–Crippen MR) is 67.1 cm³/mol. The maximum atomic E-state index is 13.4. The largest absolute Gasteiger partial charge is 0.399 e. The van der Waals surface area contributed by atoms with Crippen LogP contribution in [0.5, 0.6) is 0 Å². The highest BCUT2D eigenvalue weighted by molar-refractivity contribution is 5.94. The quantitative estimate of drug-likeness (QED) is 0.791. The molecular formula is C13H19FN2O. The van der Waals surface area contributed by atoms with Crippen molar-refractivity contribution < 1.29 is 9.18 Å². The normalized spacial score (nSPS) is 12.5. The summed E-state index contributed by atoms with van der Waals surface area (Å²) in [5, 5.41) is 2.72. The molecule has 0 saturated carbocycles. The fraction of sp³-hybridized carbons (Fsp3) is 0.462. The van der Waals surface area contributed by atoms with Crippen LogP contribution in [0.25, 0.3) is 0 Å². The Morgan fingerprint density at radius 3 is 2.59 bits per heavy atom. The van der Waals surface area contributed by atoms with E-state index in [9.17, 15) is 9.18 Å². The van der Waals surface area contributed by atoms with Crippen LogP contribution >= 0.6 is 0 Å². The van der Waals surface area contributed by atoms with E-state index < -0.39 is 11.7 Å². The van der Waals surface area contributed by atoms with Crippen molar-refractivity contribution in [2.75, 3.05) is 12.3 Å². The van der Waals surface area contributed by atoms with Gasteiger partial charge in [0, 0.05) is 12.2 Å². The highest BCUT2D eigenvalue weighted by Gasteiger charge is 2.13. The molecule has 1 atom stereocenters. The van der Waals surface area contributed by atoms with Crippen molar-refractivity contribution in [2.24, 2.45) is 11.8 Å². The SMILES string of the molecule is CC(C)C(C)CNC(=O)c1ccc(N)cc1F. The summed E-state index contributed by atoms with van der Waals surface area (Å²) in [7, 11) is 0. The Bertz CT molecular complexity index is 404. The van der Waals surface area contributed by atoms with E-state index in [4.69, 9.17) is 5.73 Å². The molecule has 3 N–H and O–H groups in total. The third kappa shape index (κ3) is 3.73. The molecule has 0 heterocycles. The molecule has 0 spiro atoms. The average molecular weight is 238 g/mol. The number of carbonyl (C=O) groups excluding carboxylic acids is 1. The van der Waals surface area contributed by atoms with Crippen LogP contribution in [0.3, 0.4) is 0 Å². The first-order valence-corrected chi connectivity index (χ1v) is 5.75. The second-order valence-corrected chi connectivity index (χ2v) is 4.67. The van der Waals surface area contributed by atoms with Gasteiger partial charge in [-0.05, 0) is 30.0 Å². The summed E-state index contributed by atoms with van der Waals surface area (Å²) in [5.74, 6) is -0.142. The molecule has 1 rings (SSSR count). The van der Waals surface area contributed by atoms with Gasteiger partial charge in [0.2, 0.25) is 0 Å². The van der Waals surface area contributed by atoms with Crippen molar-refractivity contribution in [2.45, 2.75) is 20.8 Å². The molecule has 94 valence electrons. The van der Waals surface area contributed by atoms with Gasteiger partial charge in [-0.2, -0.15) is 0 Å². The lowest BCUT2D eigenvalue weighted by Gasteiger charge is -2.16. The highest BCUT2D eigenvalue weighted by Crippen LogP contribution is 2.12. The van der Waals surface area contributed by atoms with Crippen molar-refractivity contribution >= 4 is 11.6 Å². The molecule has 1 aromatic carbocycles. The van der Waals surface area contributed by atoms with Crippen LogP contribution in [0.2, 0.25) is 0 Å². The minimum Gasteiger partial charge on any atom is -0.399 e. The number of anilines is 1. The Morgan fingerprint density at radius 2 is 2.06 bits per heavy atom. The summed E-state index contributed by atoms with van der Waals surface area (Å²) in [6, 6.07) is 4.07. The summed E-state index contributed by atoms with van der Waals surface area (Å²) in [4.78, 5) is 11.7. The Morgan fingerprint density at radius 1 is 1.41 bits per heavy atom. The zero-order valence-electron chi connectivity index (χ0n) is 10.5. The number of carbonyl (C=O) groups is 1. The first kappa shape index (κ1) is 13.5. The van der Waals surface area contributed by atoms with E-state index in [-0.39, 0.29) is 5.56 Å². The first-order valence-electron chi connectivity index (χ1n) is 5.75. The molecule has 3 nitrogen and oxygen atoms in total. The van der Waals surface area contributed by atoms with Crippen molar-refractivity contribution in [1.82, 2.24) is 5.32 Å². The molecule has 0 fully saturated rings. The molecule has 0 radical (unpaired) electrons. The molecule has 1 unspecified atom stereocenters. The van der Waals surface area contributed by atoms with Crippen LogP contribution in [0.15, 0.2) is 18.2 Å². The Balaban J connectivity index is 2.64. The smallest absolute Gasteiger partial charge is 0.254 e. The molecule has 0 saturated heterocycles. The fourth-order valence-corrected chi connectivity index (χ4v) is 1.30.